The van der Waals surface area contributed by atoms with Crippen LogP contribution in [0.3, 0.4) is 0 Å². The number of aryl methyl sites for hydroxylation is 1. The Bertz CT molecular complexity index is 839. The van der Waals surface area contributed by atoms with Gasteiger partial charge in [0.05, 0.1) is 10.0 Å². The van der Waals surface area contributed by atoms with E-state index < -0.39 is 0 Å². The third-order valence-corrected chi connectivity index (χ3v) is 4.39. The molecule has 124 valence electrons. The maximum atomic E-state index is 6.09. The molecule has 3 rings (SSSR count). The average molecular weight is 471 g/mol. The lowest BCUT2D eigenvalue weighted by Crippen LogP contribution is -3.00. The molecule has 0 amide bonds. The van der Waals surface area contributed by atoms with E-state index in [0.29, 0.717) is 10.0 Å². The lowest BCUT2D eigenvalue weighted by molar-refractivity contribution is -0.671. The van der Waals surface area contributed by atoms with Crippen molar-refractivity contribution in [2.24, 2.45) is 7.05 Å². The second-order valence-corrected chi connectivity index (χ2v) is 6.25. The number of hydrogen-bond acceptors (Lipinski definition) is 0. The van der Waals surface area contributed by atoms with Crippen molar-refractivity contribution in [1.82, 2.24) is 4.57 Å². The van der Waals surface area contributed by atoms with Gasteiger partial charge in [-0.15, -0.1) is 0 Å². The number of nitrogens with zero attached hydrogens (tertiary/aromatic N) is 2. The molecule has 0 radical (unpaired) electrons. The van der Waals surface area contributed by atoms with E-state index in [2.05, 4.69) is 41.1 Å². The molecule has 0 N–H and O–H groups in total. The predicted molar refractivity (Wildman–Crippen MR) is 96.5 cm³/mol. The minimum atomic E-state index is 0. The van der Waals surface area contributed by atoms with E-state index >= 15 is 0 Å². The molecule has 0 saturated heterocycles. The molecule has 0 aliphatic heterocycles. The SMILES string of the molecule is C[n+]1ccc(/C=C/c2cccn2Cc2ccc(Cl)c(Cl)c2)cc1.[I-]. The van der Waals surface area contributed by atoms with Gasteiger partial charge in [-0.05, 0) is 41.5 Å². The van der Waals surface area contributed by atoms with Crippen LogP contribution in [0.4, 0.5) is 0 Å². The highest BCUT2D eigenvalue weighted by molar-refractivity contribution is 6.42. The fourth-order valence-corrected chi connectivity index (χ4v) is 2.68. The van der Waals surface area contributed by atoms with Crippen LogP contribution < -0.4 is 28.5 Å². The van der Waals surface area contributed by atoms with Crippen molar-refractivity contribution in [1.29, 1.82) is 0 Å². The molecule has 0 aliphatic carbocycles. The zero-order valence-corrected chi connectivity index (χ0v) is 16.8. The van der Waals surface area contributed by atoms with Gasteiger partial charge in [-0.3, -0.25) is 0 Å². The molecule has 5 heteroatoms. The zero-order valence-electron chi connectivity index (χ0n) is 13.2. The summed E-state index contributed by atoms with van der Waals surface area (Å²) < 4.78 is 4.20. The fraction of sp³-hybridized carbons (Fsp3) is 0.105. The van der Waals surface area contributed by atoms with Gasteiger partial charge in [-0.2, -0.15) is 0 Å². The second-order valence-electron chi connectivity index (χ2n) is 5.44. The summed E-state index contributed by atoms with van der Waals surface area (Å²) in [6, 6.07) is 14.1. The lowest BCUT2D eigenvalue weighted by atomic mass is 10.2. The molecule has 0 aliphatic rings. The highest BCUT2D eigenvalue weighted by atomic mass is 127. The number of aromatic nitrogens is 2. The summed E-state index contributed by atoms with van der Waals surface area (Å²) in [5.41, 5.74) is 3.44. The topological polar surface area (TPSA) is 8.81 Å². The summed E-state index contributed by atoms with van der Waals surface area (Å²) in [6.45, 7) is 0.757. The Hall–Kier alpha value is -1.30. The predicted octanol–water partition coefficient (Wildman–Crippen LogP) is 1.84. The summed E-state index contributed by atoms with van der Waals surface area (Å²) >= 11 is 12.1. The van der Waals surface area contributed by atoms with Crippen LogP contribution in [0.15, 0.2) is 61.1 Å². The van der Waals surface area contributed by atoms with Gasteiger partial charge in [0.25, 0.3) is 0 Å². The highest BCUT2D eigenvalue weighted by Gasteiger charge is 2.03. The van der Waals surface area contributed by atoms with Crippen LogP contribution in [0, 0.1) is 0 Å². The molecular weight excluding hydrogens is 454 g/mol. The van der Waals surface area contributed by atoms with Gasteiger partial charge in [-0.25, -0.2) is 4.57 Å². The number of pyridine rings is 1. The van der Waals surface area contributed by atoms with Crippen molar-refractivity contribution < 1.29 is 28.5 Å². The van der Waals surface area contributed by atoms with E-state index in [1.807, 2.05) is 48.3 Å². The van der Waals surface area contributed by atoms with Crippen molar-refractivity contribution in [3.05, 3.63) is 87.9 Å². The maximum Gasteiger partial charge on any atom is 0.169 e. The Morgan fingerprint density at radius 1 is 1.00 bits per heavy atom. The van der Waals surface area contributed by atoms with E-state index in [4.69, 9.17) is 23.2 Å². The molecule has 1 aromatic carbocycles. The largest absolute Gasteiger partial charge is 1.00 e. The first-order valence-electron chi connectivity index (χ1n) is 7.34. The van der Waals surface area contributed by atoms with E-state index in [-0.39, 0.29) is 24.0 Å². The van der Waals surface area contributed by atoms with Crippen LogP contribution in [0.2, 0.25) is 10.0 Å². The Labute approximate surface area is 169 Å². The normalized spacial score (nSPS) is 10.8. The molecule has 0 unspecified atom stereocenters. The molecule has 0 spiro atoms. The van der Waals surface area contributed by atoms with Crippen LogP contribution >= 0.6 is 23.2 Å². The smallest absolute Gasteiger partial charge is 0.169 e. The Kier molecular flexibility index (Phi) is 6.90. The minimum Gasteiger partial charge on any atom is -1.00 e. The summed E-state index contributed by atoms with van der Waals surface area (Å²) in [4.78, 5) is 0. The summed E-state index contributed by atoms with van der Waals surface area (Å²) in [5.74, 6) is 0. The molecule has 2 heterocycles. The maximum absolute atomic E-state index is 6.09. The van der Waals surface area contributed by atoms with Gasteiger partial charge in [0.2, 0.25) is 0 Å². The molecule has 0 saturated carbocycles. The molecule has 0 atom stereocenters. The van der Waals surface area contributed by atoms with E-state index in [9.17, 15) is 0 Å². The third kappa shape index (κ3) is 4.85. The van der Waals surface area contributed by atoms with Crippen LogP contribution in [0.1, 0.15) is 16.8 Å². The molecule has 2 nitrogen and oxygen atoms in total. The molecule has 0 bridgehead atoms. The monoisotopic (exact) mass is 470 g/mol. The van der Waals surface area contributed by atoms with Crippen molar-refractivity contribution in [2.45, 2.75) is 6.54 Å². The summed E-state index contributed by atoms with van der Waals surface area (Å²) in [7, 11) is 2.01. The Balaban J connectivity index is 0.00000208. The second kappa shape index (κ2) is 8.70. The highest BCUT2D eigenvalue weighted by Crippen LogP contribution is 2.23. The van der Waals surface area contributed by atoms with E-state index in [1.165, 1.54) is 5.56 Å². The number of benzene rings is 1. The Morgan fingerprint density at radius 2 is 1.75 bits per heavy atom. The van der Waals surface area contributed by atoms with Crippen molar-refractivity contribution >= 4 is 35.4 Å². The first kappa shape index (κ1) is 19.0. The third-order valence-electron chi connectivity index (χ3n) is 3.65. The number of hydrogen-bond donors (Lipinski definition) is 0. The lowest BCUT2D eigenvalue weighted by Gasteiger charge is -2.08. The zero-order chi connectivity index (χ0) is 16.2. The summed E-state index contributed by atoms with van der Waals surface area (Å²) in [6.07, 6.45) is 10.4. The molecule has 2 aromatic heterocycles. The van der Waals surface area contributed by atoms with E-state index in [0.717, 1.165) is 17.8 Å². The first-order valence-corrected chi connectivity index (χ1v) is 8.10. The minimum absolute atomic E-state index is 0. The van der Waals surface area contributed by atoms with Gasteiger partial charge >= 0.3 is 0 Å². The van der Waals surface area contributed by atoms with Crippen molar-refractivity contribution in [2.75, 3.05) is 0 Å². The molecule has 0 fully saturated rings. The molecule has 3 aromatic rings. The van der Waals surface area contributed by atoms with Gasteiger partial charge in [0, 0.05) is 30.6 Å². The van der Waals surface area contributed by atoms with Crippen molar-refractivity contribution in [3.8, 4) is 0 Å². The molecule has 24 heavy (non-hydrogen) atoms. The van der Waals surface area contributed by atoms with Crippen LogP contribution in [0.25, 0.3) is 12.2 Å². The van der Waals surface area contributed by atoms with Gasteiger partial charge in [0.15, 0.2) is 12.4 Å². The van der Waals surface area contributed by atoms with Crippen LogP contribution in [-0.4, -0.2) is 4.57 Å². The van der Waals surface area contributed by atoms with Crippen LogP contribution in [0.5, 0.6) is 0 Å². The standard InChI is InChI=1S/C19H17Cl2N2.HI/c1-22-11-8-15(9-12-22)4-6-17-3-2-10-23(17)14-16-5-7-18(20)19(21)13-16;/h2-13H,14H2,1H3;1H/q+1;/p-1. The number of halogens is 3. The fourth-order valence-electron chi connectivity index (χ4n) is 2.36. The van der Waals surface area contributed by atoms with Gasteiger partial charge in [0.1, 0.15) is 7.05 Å². The quantitative estimate of drug-likeness (QED) is 0.406. The van der Waals surface area contributed by atoms with Crippen molar-refractivity contribution in [3.63, 3.8) is 0 Å². The van der Waals surface area contributed by atoms with Crippen LogP contribution in [-0.2, 0) is 13.6 Å². The summed E-state index contributed by atoms with van der Waals surface area (Å²) in [5, 5.41) is 1.17. The van der Waals surface area contributed by atoms with E-state index in [1.54, 1.807) is 0 Å². The number of rotatable bonds is 4. The average Bonchev–Trinajstić information content (AvgIpc) is 2.98. The molecular formula is C19H17Cl2IN2. The van der Waals surface area contributed by atoms with Gasteiger partial charge < -0.3 is 28.5 Å². The van der Waals surface area contributed by atoms with Gasteiger partial charge in [-0.1, -0.05) is 35.3 Å². The Morgan fingerprint density at radius 3 is 2.46 bits per heavy atom. The first-order chi connectivity index (χ1) is 11.1.